The summed E-state index contributed by atoms with van der Waals surface area (Å²) in [5, 5.41) is 0. The summed E-state index contributed by atoms with van der Waals surface area (Å²) < 4.78 is 6.99. The molecule has 0 spiro atoms. The van der Waals surface area contributed by atoms with Crippen molar-refractivity contribution in [2.75, 3.05) is 14.1 Å². The average Bonchev–Trinajstić information content (AvgIpc) is 2.15. The Bertz CT molecular complexity index is 195. The number of rotatable bonds is 1. The molecule has 1 rings (SSSR count). The van der Waals surface area contributed by atoms with E-state index < -0.39 is 0 Å². The molecule has 0 aliphatic heterocycles. The van der Waals surface area contributed by atoms with Crippen molar-refractivity contribution in [2.45, 2.75) is 0 Å². The normalized spacial score (nSPS) is 9.11. The van der Waals surface area contributed by atoms with Gasteiger partial charge in [-0.25, -0.2) is 4.58 Å². The van der Waals surface area contributed by atoms with Crippen LogP contribution in [0.4, 0.5) is 0 Å². The molecule has 0 saturated carbocycles. The molecule has 0 saturated heterocycles. The third kappa shape index (κ3) is 1.72. The molecule has 0 aliphatic carbocycles. The van der Waals surface area contributed by atoms with Crippen molar-refractivity contribution in [2.24, 2.45) is 0 Å². The van der Waals surface area contributed by atoms with Crippen LogP contribution in [0.25, 0.3) is 0 Å². The van der Waals surface area contributed by atoms with Crippen LogP contribution in [0.1, 0.15) is 5.76 Å². The molecule has 0 atom stereocenters. The van der Waals surface area contributed by atoms with Crippen molar-refractivity contribution in [3.8, 4) is 0 Å². The zero-order valence-corrected chi connectivity index (χ0v) is 5.66. The van der Waals surface area contributed by atoms with Gasteiger partial charge in [0, 0.05) is 0 Å². The van der Waals surface area contributed by atoms with Gasteiger partial charge in [0.2, 0.25) is 6.21 Å². The molecule has 0 amide bonds. The summed E-state index contributed by atoms with van der Waals surface area (Å²) in [6.45, 7) is 0. The summed E-state index contributed by atoms with van der Waals surface area (Å²) in [5.74, 6) is 0.889. The summed E-state index contributed by atoms with van der Waals surface area (Å²) in [6.07, 6.45) is 3.58. The van der Waals surface area contributed by atoms with Crippen molar-refractivity contribution < 1.29 is 8.99 Å². The molecule has 1 aromatic rings. The molecule has 9 heavy (non-hydrogen) atoms. The van der Waals surface area contributed by atoms with E-state index in [1.54, 1.807) is 6.26 Å². The van der Waals surface area contributed by atoms with Crippen molar-refractivity contribution in [1.82, 2.24) is 0 Å². The maximum Gasteiger partial charge on any atom is 0.206 e. The Kier molecular flexibility index (Phi) is 1.68. The predicted octanol–water partition coefficient (Wildman–Crippen LogP) is 0.971. The second-order valence-corrected chi connectivity index (χ2v) is 2.11. The summed E-state index contributed by atoms with van der Waals surface area (Å²) in [4.78, 5) is 0. The van der Waals surface area contributed by atoms with Gasteiger partial charge in [-0.1, -0.05) is 0 Å². The number of furan rings is 1. The van der Waals surface area contributed by atoms with Crippen LogP contribution in [-0.2, 0) is 0 Å². The summed E-state index contributed by atoms with van der Waals surface area (Å²) in [7, 11) is 3.92. The van der Waals surface area contributed by atoms with Crippen molar-refractivity contribution in [3.05, 3.63) is 24.2 Å². The monoisotopic (exact) mass is 124 g/mol. The Morgan fingerprint density at radius 3 is 2.78 bits per heavy atom. The Morgan fingerprint density at radius 1 is 1.56 bits per heavy atom. The minimum atomic E-state index is 0.889. The molecule has 0 bridgehead atoms. The standard InChI is InChI=1S/C7H10NO/c1-8(2)6-7-4-3-5-9-7/h3-6H,1-2H3/q+1. The molecule has 0 N–H and O–H groups in total. The quantitative estimate of drug-likeness (QED) is 0.402. The summed E-state index contributed by atoms with van der Waals surface area (Å²) in [6, 6.07) is 3.79. The van der Waals surface area contributed by atoms with Gasteiger partial charge < -0.3 is 4.42 Å². The Labute approximate surface area is 54.4 Å². The van der Waals surface area contributed by atoms with E-state index >= 15 is 0 Å². The van der Waals surface area contributed by atoms with Gasteiger partial charge in [0.1, 0.15) is 14.1 Å². The van der Waals surface area contributed by atoms with E-state index in [1.165, 1.54) is 0 Å². The average molecular weight is 124 g/mol. The smallest absolute Gasteiger partial charge is 0.206 e. The molecule has 0 aliphatic rings. The zero-order chi connectivity index (χ0) is 6.69. The second-order valence-electron chi connectivity index (χ2n) is 2.11. The molecule has 2 heteroatoms. The van der Waals surface area contributed by atoms with E-state index in [0.29, 0.717) is 0 Å². The van der Waals surface area contributed by atoms with Gasteiger partial charge >= 0.3 is 0 Å². The Balaban J connectivity index is 2.80. The van der Waals surface area contributed by atoms with Crippen LogP contribution in [0.2, 0.25) is 0 Å². The third-order valence-electron chi connectivity index (χ3n) is 0.929. The molecule has 1 heterocycles. The highest BCUT2D eigenvalue weighted by Gasteiger charge is 1.91. The lowest BCUT2D eigenvalue weighted by atomic mass is 10.5. The van der Waals surface area contributed by atoms with Crippen LogP contribution >= 0.6 is 0 Å². The summed E-state index contributed by atoms with van der Waals surface area (Å²) >= 11 is 0. The molecular formula is C7H10NO+. The van der Waals surface area contributed by atoms with E-state index in [2.05, 4.69) is 0 Å². The molecule has 0 unspecified atom stereocenters. The second kappa shape index (κ2) is 2.49. The minimum Gasteiger partial charge on any atom is -0.459 e. The largest absolute Gasteiger partial charge is 0.459 e. The highest BCUT2D eigenvalue weighted by Crippen LogP contribution is 1.93. The molecule has 2 nitrogen and oxygen atoms in total. The number of nitrogens with zero attached hydrogens (tertiary/aromatic N) is 1. The Morgan fingerprint density at radius 2 is 2.33 bits per heavy atom. The topological polar surface area (TPSA) is 16.1 Å². The van der Waals surface area contributed by atoms with Crippen LogP contribution in [0.15, 0.2) is 22.8 Å². The minimum absolute atomic E-state index is 0.889. The van der Waals surface area contributed by atoms with E-state index in [1.807, 2.05) is 37.0 Å². The van der Waals surface area contributed by atoms with E-state index in [4.69, 9.17) is 4.42 Å². The first-order valence-corrected chi connectivity index (χ1v) is 2.84. The van der Waals surface area contributed by atoms with Crippen molar-refractivity contribution in [1.29, 1.82) is 0 Å². The predicted molar refractivity (Wildman–Crippen MR) is 36.0 cm³/mol. The molecule has 0 fully saturated rings. The molecule has 1 aromatic heterocycles. The maximum absolute atomic E-state index is 5.05. The van der Waals surface area contributed by atoms with Gasteiger partial charge in [-0.3, -0.25) is 0 Å². The molecular weight excluding hydrogens is 114 g/mol. The number of hydrogen-bond acceptors (Lipinski definition) is 1. The molecule has 0 aromatic carbocycles. The van der Waals surface area contributed by atoms with Gasteiger partial charge in [0.05, 0.1) is 6.26 Å². The number of hydrogen-bond donors (Lipinski definition) is 0. The first kappa shape index (κ1) is 6.08. The van der Waals surface area contributed by atoms with Gasteiger partial charge in [-0.15, -0.1) is 0 Å². The van der Waals surface area contributed by atoms with Crippen LogP contribution in [-0.4, -0.2) is 24.9 Å². The highest BCUT2D eigenvalue weighted by molar-refractivity contribution is 5.70. The van der Waals surface area contributed by atoms with Crippen LogP contribution in [0.5, 0.6) is 0 Å². The van der Waals surface area contributed by atoms with Gasteiger partial charge in [-0.05, 0) is 12.1 Å². The van der Waals surface area contributed by atoms with E-state index in [9.17, 15) is 0 Å². The lowest BCUT2D eigenvalue weighted by Gasteiger charge is -1.80. The van der Waals surface area contributed by atoms with E-state index in [0.717, 1.165) is 5.76 Å². The Hall–Kier alpha value is -1.05. The van der Waals surface area contributed by atoms with Gasteiger partial charge in [-0.2, -0.15) is 0 Å². The summed E-state index contributed by atoms with van der Waals surface area (Å²) in [5.41, 5.74) is 0. The molecule has 48 valence electrons. The first-order chi connectivity index (χ1) is 4.29. The van der Waals surface area contributed by atoms with Crippen LogP contribution < -0.4 is 0 Å². The highest BCUT2D eigenvalue weighted by atomic mass is 16.3. The first-order valence-electron chi connectivity index (χ1n) is 2.84. The van der Waals surface area contributed by atoms with Crippen molar-refractivity contribution >= 4 is 6.21 Å². The lowest BCUT2D eigenvalue weighted by Crippen LogP contribution is -1.97. The fourth-order valence-corrected chi connectivity index (χ4v) is 0.619. The van der Waals surface area contributed by atoms with E-state index in [-0.39, 0.29) is 0 Å². The maximum atomic E-state index is 5.05. The fourth-order valence-electron chi connectivity index (χ4n) is 0.619. The van der Waals surface area contributed by atoms with Crippen LogP contribution in [0, 0.1) is 0 Å². The van der Waals surface area contributed by atoms with Gasteiger partial charge in [0.25, 0.3) is 0 Å². The third-order valence-corrected chi connectivity index (χ3v) is 0.929. The zero-order valence-electron chi connectivity index (χ0n) is 5.66. The lowest BCUT2D eigenvalue weighted by molar-refractivity contribution is -0.459. The van der Waals surface area contributed by atoms with Crippen LogP contribution in [0.3, 0.4) is 0 Å². The fraction of sp³-hybridized carbons (Fsp3) is 0.286. The van der Waals surface area contributed by atoms with Crippen molar-refractivity contribution in [3.63, 3.8) is 0 Å². The molecule has 0 radical (unpaired) electrons. The SMILES string of the molecule is C[N+](C)=Cc1ccco1. The van der Waals surface area contributed by atoms with Gasteiger partial charge in [0.15, 0.2) is 5.76 Å².